The molecule has 0 aliphatic carbocycles. The largest absolute Gasteiger partial charge is 0.496 e. The fraction of sp³-hybridized carbons (Fsp3) is 0.263. The van der Waals surface area contributed by atoms with Gasteiger partial charge in [0.25, 0.3) is 5.91 Å². The minimum atomic E-state index is -1.16. The maximum atomic E-state index is 13.1. The summed E-state index contributed by atoms with van der Waals surface area (Å²) in [7, 11) is 1.58. The number of amides is 3. The average molecular weight is 393 g/mol. The lowest BCUT2D eigenvalue weighted by atomic mass is 9.90. The Hall–Kier alpha value is -2.24. The van der Waals surface area contributed by atoms with Gasteiger partial charge < -0.3 is 10.1 Å². The van der Waals surface area contributed by atoms with E-state index >= 15 is 0 Å². The van der Waals surface area contributed by atoms with Crippen LogP contribution in [0.4, 0.5) is 4.79 Å². The lowest BCUT2D eigenvalue weighted by Gasteiger charge is -2.23. The second kappa shape index (κ2) is 6.82. The number of nitrogens with zero attached hydrogens (tertiary/aromatic N) is 1. The third-order valence-corrected chi connectivity index (χ3v) is 5.33. The van der Waals surface area contributed by atoms with Gasteiger partial charge in [-0.3, -0.25) is 9.69 Å². The number of ether oxygens (including phenoxy) is 1. The van der Waals surface area contributed by atoms with Crippen molar-refractivity contribution >= 4 is 35.1 Å². The zero-order valence-electron chi connectivity index (χ0n) is 14.6. The molecule has 2 aromatic carbocycles. The standard InChI is InChI=1S/C19H18Cl2N2O3/c1-11-9-12(7-8-16(11)26-3)19(2)17(24)23(18(25)22-19)10-13-14(20)5-4-6-15(13)21/h4-9H,10H2,1-3H3,(H,22,25). The first-order valence-electron chi connectivity index (χ1n) is 8.00. The van der Waals surface area contributed by atoms with Gasteiger partial charge in [0.1, 0.15) is 11.3 Å². The number of halogens is 2. The van der Waals surface area contributed by atoms with Crippen LogP contribution < -0.4 is 10.1 Å². The molecule has 1 heterocycles. The number of nitrogens with one attached hydrogen (secondary N) is 1. The summed E-state index contributed by atoms with van der Waals surface area (Å²) in [4.78, 5) is 26.7. The first kappa shape index (κ1) is 18.5. The predicted molar refractivity (Wildman–Crippen MR) is 101 cm³/mol. The van der Waals surface area contributed by atoms with Crippen molar-refractivity contribution in [1.29, 1.82) is 0 Å². The van der Waals surface area contributed by atoms with Crippen molar-refractivity contribution in [2.24, 2.45) is 0 Å². The minimum absolute atomic E-state index is 0.00784. The van der Waals surface area contributed by atoms with Crippen molar-refractivity contribution in [3.05, 3.63) is 63.1 Å². The SMILES string of the molecule is COc1ccc(C2(C)NC(=O)N(Cc3c(Cl)cccc3Cl)C2=O)cc1C. The van der Waals surface area contributed by atoms with E-state index in [1.165, 1.54) is 0 Å². The molecule has 1 fully saturated rings. The summed E-state index contributed by atoms with van der Waals surface area (Å²) in [6.45, 7) is 3.57. The Labute approximate surface area is 161 Å². The average Bonchev–Trinajstić information content (AvgIpc) is 2.81. The molecule has 136 valence electrons. The van der Waals surface area contributed by atoms with Crippen LogP contribution in [0.5, 0.6) is 5.75 Å². The van der Waals surface area contributed by atoms with Crippen LogP contribution in [0.1, 0.15) is 23.6 Å². The number of imide groups is 1. The molecule has 3 amide bonds. The van der Waals surface area contributed by atoms with Crippen molar-refractivity contribution in [3.8, 4) is 5.75 Å². The summed E-state index contributed by atoms with van der Waals surface area (Å²) in [5.41, 5.74) is 0.930. The van der Waals surface area contributed by atoms with Gasteiger partial charge in [-0.15, -0.1) is 0 Å². The van der Waals surface area contributed by atoms with Crippen molar-refractivity contribution in [3.63, 3.8) is 0 Å². The first-order chi connectivity index (χ1) is 12.3. The number of urea groups is 1. The van der Waals surface area contributed by atoms with Gasteiger partial charge in [-0.2, -0.15) is 0 Å². The van der Waals surface area contributed by atoms with Crippen molar-refractivity contribution in [1.82, 2.24) is 10.2 Å². The van der Waals surface area contributed by atoms with Crippen molar-refractivity contribution in [2.75, 3.05) is 7.11 Å². The van der Waals surface area contributed by atoms with Crippen LogP contribution in [0.25, 0.3) is 0 Å². The molecule has 0 radical (unpaired) electrons. The molecule has 0 bridgehead atoms. The van der Waals surface area contributed by atoms with E-state index in [0.717, 1.165) is 10.5 Å². The molecule has 5 nitrogen and oxygen atoms in total. The quantitative estimate of drug-likeness (QED) is 0.789. The molecule has 1 unspecified atom stereocenters. The van der Waals surface area contributed by atoms with Gasteiger partial charge in [-0.05, 0) is 49.2 Å². The molecule has 26 heavy (non-hydrogen) atoms. The van der Waals surface area contributed by atoms with Crippen LogP contribution in [-0.2, 0) is 16.9 Å². The summed E-state index contributed by atoms with van der Waals surface area (Å²) in [6.07, 6.45) is 0. The highest BCUT2D eigenvalue weighted by atomic mass is 35.5. The van der Waals surface area contributed by atoms with E-state index in [9.17, 15) is 9.59 Å². The van der Waals surface area contributed by atoms with E-state index in [1.807, 2.05) is 13.0 Å². The molecular weight excluding hydrogens is 375 g/mol. The Morgan fingerprint density at radius 2 is 1.81 bits per heavy atom. The van der Waals surface area contributed by atoms with Crippen molar-refractivity contribution < 1.29 is 14.3 Å². The van der Waals surface area contributed by atoms with Gasteiger partial charge >= 0.3 is 6.03 Å². The lowest BCUT2D eigenvalue weighted by molar-refractivity contribution is -0.131. The molecule has 1 N–H and O–H groups in total. The number of hydrogen-bond acceptors (Lipinski definition) is 3. The molecule has 1 aliphatic heterocycles. The monoisotopic (exact) mass is 392 g/mol. The van der Waals surface area contributed by atoms with E-state index in [4.69, 9.17) is 27.9 Å². The van der Waals surface area contributed by atoms with Crippen LogP contribution >= 0.6 is 23.2 Å². The van der Waals surface area contributed by atoms with E-state index < -0.39 is 11.6 Å². The zero-order valence-corrected chi connectivity index (χ0v) is 16.1. The predicted octanol–water partition coefficient (Wildman–Crippen LogP) is 4.28. The Morgan fingerprint density at radius 3 is 2.38 bits per heavy atom. The molecule has 1 saturated heterocycles. The number of methoxy groups -OCH3 is 1. The normalized spacial score (nSPS) is 19.7. The van der Waals surface area contributed by atoms with E-state index in [1.54, 1.807) is 44.4 Å². The number of benzene rings is 2. The van der Waals surface area contributed by atoms with E-state index in [-0.39, 0.29) is 12.5 Å². The number of aryl methyl sites for hydroxylation is 1. The molecule has 3 rings (SSSR count). The molecule has 2 aromatic rings. The highest BCUT2D eigenvalue weighted by molar-refractivity contribution is 6.36. The second-order valence-corrected chi connectivity index (χ2v) is 7.15. The van der Waals surface area contributed by atoms with Crippen LogP contribution in [-0.4, -0.2) is 23.9 Å². The fourth-order valence-corrected chi connectivity index (χ4v) is 3.58. The van der Waals surface area contributed by atoms with Gasteiger partial charge in [-0.25, -0.2) is 4.79 Å². The summed E-state index contributed by atoms with van der Waals surface area (Å²) >= 11 is 12.4. The lowest BCUT2D eigenvalue weighted by Crippen LogP contribution is -2.40. The number of carbonyl (C=O) groups excluding carboxylic acids is 2. The summed E-state index contributed by atoms with van der Waals surface area (Å²) in [6, 6.07) is 9.97. The Morgan fingerprint density at radius 1 is 1.15 bits per heavy atom. The van der Waals surface area contributed by atoms with Crippen LogP contribution in [0, 0.1) is 6.92 Å². The summed E-state index contributed by atoms with van der Waals surface area (Å²) in [5.74, 6) is 0.358. The molecule has 0 aromatic heterocycles. The Kier molecular flexibility index (Phi) is 4.86. The summed E-state index contributed by atoms with van der Waals surface area (Å²) in [5, 5.41) is 3.60. The highest BCUT2D eigenvalue weighted by Gasteiger charge is 2.49. The Balaban J connectivity index is 1.94. The summed E-state index contributed by atoms with van der Waals surface area (Å²) < 4.78 is 5.26. The number of hydrogen-bond donors (Lipinski definition) is 1. The van der Waals surface area contributed by atoms with Gasteiger partial charge in [-0.1, -0.05) is 35.3 Å². The third-order valence-electron chi connectivity index (χ3n) is 4.63. The van der Waals surface area contributed by atoms with Gasteiger partial charge in [0.05, 0.1) is 13.7 Å². The highest BCUT2D eigenvalue weighted by Crippen LogP contribution is 2.34. The Bertz CT molecular complexity index is 880. The van der Waals surface area contributed by atoms with E-state index in [0.29, 0.717) is 26.9 Å². The zero-order chi connectivity index (χ0) is 19.1. The minimum Gasteiger partial charge on any atom is -0.496 e. The second-order valence-electron chi connectivity index (χ2n) is 6.33. The molecule has 1 aliphatic rings. The smallest absolute Gasteiger partial charge is 0.325 e. The maximum Gasteiger partial charge on any atom is 0.325 e. The van der Waals surface area contributed by atoms with Crippen LogP contribution in [0.3, 0.4) is 0 Å². The van der Waals surface area contributed by atoms with Gasteiger partial charge in [0.2, 0.25) is 0 Å². The third kappa shape index (κ3) is 3.02. The van der Waals surface area contributed by atoms with Gasteiger partial charge in [0, 0.05) is 15.6 Å². The molecule has 0 spiro atoms. The van der Waals surface area contributed by atoms with Gasteiger partial charge in [0.15, 0.2) is 0 Å². The topological polar surface area (TPSA) is 58.6 Å². The van der Waals surface area contributed by atoms with Crippen molar-refractivity contribution in [2.45, 2.75) is 25.9 Å². The van der Waals surface area contributed by atoms with Crippen LogP contribution in [0.15, 0.2) is 36.4 Å². The maximum absolute atomic E-state index is 13.1. The fourth-order valence-electron chi connectivity index (χ4n) is 3.07. The van der Waals surface area contributed by atoms with Crippen LogP contribution in [0.2, 0.25) is 10.0 Å². The molecule has 7 heteroatoms. The number of rotatable bonds is 4. The molecule has 1 atom stereocenters. The van der Waals surface area contributed by atoms with E-state index in [2.05, 4.69) is 5.32 Å². The molecular formula is C19H18Cl2N2O3. The number of carbonyl (C=O) groups is 2. The molecule has 0 saturated carbocycles. The first-order valence-corrected chi connectivity index (χ1v) is 8.75.